The van der Waals surface area contributed by atoms with Gasteiger partial charge in [0.25, 0.3) is 0 Å². The Morgan fingerprint density at radius 2 is 2.36 bits per heavy atom. The maximum atomic E-state index is 13.0. The Hall–Kier alpha value is -0.740. The predicted molar refractivity (Wildman–Crippen MR) is 45.0 cm³/mol. The van der Waals surface area contributed by atoms with Gasteiger partial charge in [-0.25, -0.2) is 4.39 Å². The highest BCUT2D eigenvalue weighted by Gasteiger charge is 2.10. The summed E-state index contributed by atoms with van der Waals surface area (Å²) in [7, 11) is 0. The molecule has 0 spiro atoms. The van der Waals surface area contributed by atoms with Crippen molar-refractivity contribution in [3.63, 3.8) is 0 Å². The van der Waals surface area contributed by atoms with Crippen molar-refractivity contribution >= 4 is 38.4 Å². The van der Waals surface area contributed by atoms with Crippen molar-refractivity contribution in [3.05, 3.63) is 22.1 Å². The largest absolute Gasteiger partial charge is 0.297 e. The average Bonchev–Trinajstić information content (AvgIpc) is 2.53. The number of halogens is 1. The molecule has 0 radical (unpaired) electrons. The molecule has 0 aliphatic heterocycles. The summed E-state index contributed by atoms with van der Waals surface area (Å²) < 4.78 is 13.9. The van der Waals surface area contributed by atoms with Gasteiger partial charge in [-0.2, -0.15) is 0 Å². The van der Waals surface area contributed by atoms with E-state index in [9.17, 15) is 9.18 Å². The quantitative estimate of drug-likeness (QED) is 0.626. The zero-order chi connectivity index (χ0) is 7.84. The van der Waals surface area contributed by atoms with E-state index in [2.05, 4.69) is 0 Å². The molecule has 0 aromatic carbocycles. The molecule has 11 heavy (non-hydrogen) atoms. The normalized spacial score (nSPS) is 10.6. The van der Waals surface area contributed by atoms with E-state index in [1.807, 2.05) is 5.38 Å². The molecule has 0 unspecified atom stereocenters. The first kappa shape index (κ1) is 6.94. The molecule has 4 heteroatoms. The van der Waals surface area contributed by atoms with Crippen LogP contribution in [0.4, 0.5) is 4.39 Å². The number of rotatable bonds is 1. The molecule has 0 amide bonds. The lowest BCUT2D eigenvalue weighted by atomic mass is 10.3. The SMILES string of the molecule is O=Cc1sc2sccc2c1F. The highest BCUT2D eigenvalue weighted by molar-refractivity contribution is 7.38. The fraction of sp³-hybridized carbons (Fsp3) is 0. The number of carbonyl (C=O) groups is 1. The van der Waals surface area contributed by atoms with Crippen LogP contribution in [0.2, 0.25) is 0 Å². The smallest absolute Gasteiger partial charge is 0.163 e. The second kappa shape index (κ2) is 2.39. The van der Waals surface area contributed by atoms with Crippen molar-refractivity contribution in [3.8, 4) is 0 Å². The maximum Gasteiger partial charge on any atom is 0.163 e. The average molecular weight is 186 g/mol. The highest BCUT2D eigenvalue weighted by atomic mass is 32.2. The predicted octanol–water partition coefficient (Wildman–Crippen LogP) is 2.91. The molecule has 56 valence electrons. The number of hydrogen-bond donors (Lipinski definition) is 0. The van der Waals surface area contributed by atoms with E-state index >= 15 is 0 Å². The first-order valence-electron chi connectivity index (χ1n) is 2.93. The van der Waals surface area contributed by atoms with Crippen LogP contribution in [0.1, 0.15) is 9.67 Å². The van der Waals surface area contributed by atoms with Gasteiger partial charge >= 0.3 is 0 Å². The van der Waals surface area contributed by atoms with E-state index in [0.29, 0.717) is 11.7 Å². The van der Waals surface area contributed by atoms with Crippen molar-refractivity contribution in [2.45, 2.75) is 0 Å². The molecule has 1 nitrogen and oxygen atoms in total. The molecule has 2 aromatic heterocycles. The third-order valence-electron chi connectivity index (χ3n) is 1.39. The minimum absolute atomic E-state index is 0.201. The molecule has 2 heterocycles. The van der Waals surface area contributed by atoms with Crippen molar-refractivity contribution in [1.82, 2.24) is 0 Å². The van der Waals surface area contributed by atoms with Gasteiger partial charge in [-0.05, 0) is 11.4 Å². The van der Waals surface area contributed by atoms with Crippen LogP contribution in [-0.2, 0) is 0 Å². The zero-order valence-electron chi connectivity index (χ0n) is 5.33. The van der Waals surface area contributed by atoms with Gasteiger partial charge in [0.1, 0.15) is 4.88 Å². The fourth-order valence-corrected chi connectivity index (χ4v) is 2.85. The Kier molecular flexibility index (Phi) is 1.51. The summed E-state index contributed by atoms with van der Waals surface area (Å²) in [6, 6.07) is 1.69. The molecule has 0 atom stereocenters. The van der Waals surface area contributed by atoms with E-state index < -0.39 is 0 Å². The molecule has 0 bridgehead atoms. The maximum absolute atomic E-state index is 13.0. The van der Waals surface area contributed by atoms with Gasteiger partial charge in [0, 0.05) is 5.39 Å². The van der Waals surface area contributed by atoms with Gasteiger partial charge in [-0.3, -0.25) is 4.79 Å². The Bertz CT molecular complexity index is 401. The first-order valence-corrected chi connectivity index (χ1v) is 4.63. The minimum Gasteiger partial charge on any atom is -0.297 e. The van der Waals surface area contributed by atoms with E-state index in [-0.39, 0.29) is 10.7 Å². The zero-order valence-corrected chi connectivity index (χ0v) is 6.97. The van der Waals surface area contributed by atoms with Gasteiger partial charge in [-0.1, -0.05) is 0 Å². The third kappa shape index (κ3) is 0.902. The summed E-state index contributed by atoms with van der Waals surface area (Å²) in [4.78, 5) is 10.5. The number of thiophene rings is 2. The number of fused-ring (bicyclic) bond motifs is 1. The summed E-state index contributed by atoms with van der Waals surface area (Å²) in [6.45, 7) is 0. The molecule has 0 aliphatic carbocycles. The lowest BCUT2D eigenvalue weighted by Gasteiger charge is -1.78. The standard InChI is InChI=1S/C7H3FOS2/c8-6-4-1-2-10-7(4)11-5(6)3-9/h1-3H. The molecule has 0 saturated heterocycles. The summed E-state index contributed by atoms with van der Waals surface area (Å²) in [5, 5.41) is 2.39. The summed E-state index contributed by atoms with van der Waals surface area (Å²) in [5.74, 6) is -0.374. The third-order valence-corrected chi connectivity index (χ3v) is 3.54. The van der Waals surface area contributed by atoms with Gasteiger partial charge in [0.15, 0.2) is 12.1 Å². The van der Waals surface area contributed by atoms with Crippen molar-refractivity contribution < 1.29 is 9.18 Å². The van der Waals surface area contributed by atoms with Crippen LogP contribution in [0.25, 0.3) is 9.40 Å². The van der Waals surface area contributed by atoms with Crippen LogP contribution in [0.15, 0.2) is 11.4 Å². The van der Waals surface area contributed by atoms with Gasteiger partial charge in [0.05, 0.1) is 4.01 Å². The number of carbonyl (C=O) groups excluding carboxylic acids is 1. The molecule has 0 N–H and O–H groups in total. The highest BCUT2D eigenvalue weighted by Crippen LogP contribution is 2.32. The van der Waals surface area contributed by atoms with Gasteiger partial charge in [0.2, 0.25) is 0 Å². The Morgan fingerprint density at radius 3 is 3.00 bits per heavy atom. The lowest BCUT2D eigenvalue weighted by Crippen LogP contribution is -1.75. The molecule has 2 rings (SSSR count). The summed E-state index contributed by atoms with van der Waals surface area (Å²) >= 11 is 2.66. The summed E-state index contributed by atoms with van der Waals surface area (Å²) in [5.41, 5.74) is 0. The second-order valence-corrected chi connectivity index (χ2v) is 4.25. The van der Waals surface area contributed by atoms with Crippen LogP contribution in [0.5, 0.6) is 0 Å². The fourth-order valence-electron chi connectivity index (χ4n) is 0.890. The molecule has 0 saturated carbocycles. The Morgan fingerprint density at radius 1 is 1.55 bits per heavy atom. The van der Waals surface area contributed by atoms with Crippen LogP contribution in [0.3, 0.4) is 0 Å². The molecular weight excluding hydrogens is 183 g/mol. The monoisotopic (exact) mass is 186 g/mol. The van der Waals surface area contributed by atoms with Gasteiger partial charge < -0.3 is 0 Å². The topological polar surface area (TPSA) is 17.1 Å². The number of aldehydes is 1. The van der Waals surface area contributed by atoms with Gasteiger partial charge in [-0.15, -0.1) is 22.7 Å². The van der Waals surface area contributed by atoms with Crippen molar-refractivity contribution in [1.29, 1.82) is 0 Å². The first-order chi connectivity index (χ1) is 5.33. The molecule has 2 aromatic rings. The molecule has 0 fully saturated rings. The van der Waals surface area contributed by atoms with Crippen molar-refractivity contribution in [2.24, 2.45) is 0 Å². The Labute approximate surface area is 70.1 Å². The Balaban J connectivity index is 2.86. The van der Waals surface area contributed by atoms with E-state index in [0.717, 1.165) is 4.01 Å². The van der Waals surface area contributed by atoms with E-state index in [1.54, 1.807) is 6.07 Å². The van der Waals surface area contributed by atoms with E-state index in [1.165, 1.54) is 22.7 Å². The molecule has 0 aliphatic rings. The summed E-state index contributed by atoms with van der Waals surface area (Å²) in [6.07, 6.45) is 0.562. The van der Waals surface area contributed by atoms with Crippen LogP contribution < -0.4 is 0 Å². The van der Waals surface area contributed by atoms with E-state index in [4.69, 9.17) is 0 Å². The number of hydrogen-bond acceptors (Lipinski definition) is 3. The lowest BCUT2D eigenvalue weighted by molar-refractivity contribution is 0.112. The second-order valence-electron chi connectivity index (χ2n) is 2.02. The van der Waals surface area contributed by atoms with Crippen LogP contribution in [-0.4, -0.2) is 6.29 Å². The van der Waals surface area contributed by atoms with Crippen molar-refractivity contribution in [2.75, 3.05) is 0 Å². The molecular formula is C7H3FOS2. The minimum atomic E-state index is -0.374. The van der Waals surface area contributed by atoms with Crippen LogP contribution >= 0.6 is 22.7 Å². The van der Waals surface area contributed by atoms with Crippen LogP contribution in [0, 0.1) is 5.82 Å².